The standard InChI is InChI=1S/C51H58F10N10O8.H2O/c1-48(2,50(56,57)58)41(64-46(75)77-5)43(73)63-38(21-30-10-7-29(8-11-30)9-12-31-13-14-40(62-24-31)69-19-17-68(18-20-69)33-27-79-28-33)39(72)26-70(67-44(74)42(65-47(76)78-6)49(3,4)51(59,60)61)25-34-35(52)22-32(23-36(34)53)37-15-16-71(66-37)45(54)55;/h7-8,10-11,13-16,22-24,33,38-39,41-42,45,72H,17-21,25-28H2,1-6H3,(H,63,73)(H,64,75)(H,65,76)(H,67,74);1H2/t38-,39-,41+,42+;/m0./s1. The Bertz CT molecular complexity index is 2810. The van der Waals surface area contributed by atoms with Crippen LogP contribution in [-0.2, 0) is 36.8 Å². The number of rotatable bonds is 19. The molecule has 0 bridgehead atoms. The van der Waals surface area contributed by atoms with E-state index in [4.69, 9.17) is 4.74 Å². The predicted octanol–water partition coefficient (Wildman–Crippen LogP) is 4.49. The SMILES string of the molecule is COC(=O)N[C@H](C(=O)N[C@@H](Cc1ccc(C#Cc2ccc(N3CC[NH+](C4COC4)CC3)nc2)cc1)[C@@H](O)CN(Cc1c(F)cc(-c2ccn(C(F)F)n2)cc1F)NC(=O)[C@@H](NC(=O)OC)C(C)(C)C(F)(F)F)C(C)(C)C(F)(F)F.[OH-]. The van der Waals surface area contributed by atoms with Crippen LogP contribution < -0.4 is 31.2 Å². The van der Waals surface area contributed by atoms with Gasteiger partial charge in [0.1, 0.15) is 48.8 Å². The predicted molar refractivity (Wildman–Crippen MR) is 263 cm³/mol. The van der Waals surface area contributed by atoms with Gasteiger partial charge in [-0.3, -0.25) is 15.0 Å². The van der Waals surface area contributed by atoms with Gasteiger partial charge in [0.15, 0.2) is 0 Å². The number of aromatic nitrogens is 3. The van der Waals surface area contributed by atoms with Gasteiger partial charge in [0.05, 0.1) is 69.1 Å². The number of alkyl carbamates (subject to hydrolysis) is 2. The number of aliphatic hydroxyl groups excluding tert-OH is 1. The summed E-state index contributed by atoms with van der Waals surface area (Å²) in [6, 6.07) is 5.78. The summed E-state index contributed by atoms with van der Waals surface area (Å²) in [5.41, 5.74) is -4.43. The van der Waals surface area contributed by atoms with E-state index in [0.29, 0.717) is 62.0 Å². The number of aliphatic hydroxyl groups is 1. The Hall–Kier alpha value is -7.26. The summed E-state index contributed by atoms with van der Waals surface area (Å²) < 4.78 is 160. The van der Waals surface area contributed by atoms with Gasteiger partial charge in [-0.2, -0.15) is 40.2 Å². The van der Waals surface area contributed by atoms with Gasteiger partial charge in [0, 0.05) is 47.7 Å². The zero-order valence-electron chi connectivity index (χ0n) is 43.9. The van der Waals surface area contributed by atoms with Gasteiger partial charge >= 0.3 is 31.1 Å². The van der Waals surface area contributed by atoms with Crippen molar-refractivity contribution < 1.29 is 92.8 Å². The van der Waals surface area contributed by atoms with Gasteiger partial charge in [-0.1, -0.05) is 24.0 Å². The summed E-state index contributed by atoms with van der Waals surface area (Å²) in [5.74, 6) is 0.714. The molecule has 438 valence electrons. The Kier molecular flexibility index (Phi) is 20.9. The van der Waals surface area contributed by atoms with Crippen LogP contribution in [0.2, 0.25) is 0 Å². The molecular formula is C51H60F10N10O9. The van der Waals surface area contributed by atoms with Crippen molar-refractivity contribution in [1.29, 1.82) is 0 Å². The lowest BCUT2D eigenvalue weighted by molar-refractivity contribution is -0.935. The number of ether oxygens (including phenoxy) is 3. The molecule has 0 saturated carbocycles. The van der Waals surface area contributed by atoms with Crippen LogP contribution in [0.5, 0.6) is 0 Å². The second kappa shape index (κ2) is 26.3. The van der Waals surface area contributed by atoms with Crippen molar-refractivity contribution in [3.8, 4) is 23.1 Å². The number of nitrogens with one attached hydrogen (secondary N) is 5. The first-order valence-corrected chi connectivity index (χ1v) is 24.4. The minimum absolute atomic E-state index is 0. The zero-order valence-corrected chi connectivity index (χ0v) is 43.9. The minimum Gasteiger partial charge on any atom is -0.870 e. The Morgan fingerprint density at radius 2 is 1.35 bits per heavy atom. The molecule has 0 unspecified atom stereocenters. The monoisotopic (exact) mass is 1150 g/mol. The van der Waals surface area contributed by atoms with Gasteiger partial charge < -0.3 is 50.5 Å². The molecule has 4 aromatic rings. The van der Waals surface area contributed by atoms with E-state index in [1.165, 1.54) is 29.2 Å². The van der Waals surface area contributed by atoms with E-state index in [-0.39, 0.29) is 27.0 Å². The number of carbonyl (C=O) groups excluding carboxylic acids is 4. The molecule has 7 N–H and O–H groups in total. The molecule has 2 aliphatic rings. The van der Waals surface area contributed by atoms with Crippen LogP contribution in [0, 0.1) is 34.3 Å². The van der Waals surface area contributed by atoms with Crippen LogP contribution in [0.25, 0.3) is 11.3 Å². The highest BCUT2D eigenvalue weighted by Crippen LogP contribution is 2.42. The number of anilines is 1. The molecule has 2 aromatic heterocycles. The number of hydrogen-bond acceptors (Lipinski definition) is 13. The molecule has 2 aliphatic heterocycles. The summed E-state index contributed by atoms with van der Waals surface area (Å²) >= 11 is 0. The van der Waals surface area contributed by atoms with Crippen LogP contribution in [0.3, 0.4) is 0 Å². The summed E-state index contributed by atoms with van der Waals surface area (Å²) in [7, 11) is 1.60. The van der Waals surface area contributed by atoms with Crippen molar-refractivity contribution in [2.75, 3.05) is 65.1 Å². The summed E-state index contributed by atoms with van der Waals surface area (Å²) in [6.45, 7) is 1.94. The van der Waals surface area contributed by atoms with E-state index in [1.54, 1.807) is 11.5 Å². The van der Waals surface area contributed by atoms with E-state index in [9.17, 15) is 59.4 Å². The first-order chi connectivity index (χ1) is 37.0. The summed E-state index contributed by atoms with van der Waals surface area (Å²) in [4.78, 5) is 61.1. The molecule has 80 heavy (non-hydrogen) atoms. The number of benzene rings is 2. The average molecular weight is 1150 g/mol. The maximum absolute atomic E-state index is 16.0. The number of amides is 4. The summed E-state index contributed by atoms with van der Waals surface area (Å²) in [6.07, 6.45) is -13.6. The average Bonchev–Trinajstić information content (AvgIpc) is 3.88. The maximum atomic E-state index is 16.0. The second-order valence-electron chi connectivity index (χ2n) is 19.9. The van der Waals surface area contributed by atoms with E-state index in [0.717, 1.165) is 71.7 Å². The molecule has 4 amide bonds. The lowest BCUT2D eigenvalue weighted by Crippen LogP contribution is -3.20. The first-order valence-electron chi connectivity index (χ1n) is 24.4. The quantitative estimate of drug-likeness (QED) is 0.0432. The number of quaternary nitrogens is 1. The van der Waals surface area contributed by atoms with Crippen LogP contribution in [0.1, 0.15) is 56.5 Å². The third-order valence-corrected chi connectivity index (χ3v) is 13.8. The fourth-order valence-corrected chi connectivity index (χ4v) is 8.47. The highest BCUT2D eigenvalue weighted by molar-refractivity contribution is 5.87. The van der Waals surface area contributed by atoms with Gasteiger partial charge in [-0.25, -0.2) is 33.0 Å². The number of hydrogen-bond donors (Lipinski definition) is 6. The lowest BCUT2D eigenvalue weighted by Gasteiger charge is -2.40. The number of pyridine rings is 1. The summed E-state index contributed by atoms with van der Waals surface area (Å²) in [5, 5.41) is 22.0. The van der Waals surface area contributed by atoms with Gasteiger partial charge in [-0.15, -0.1) is 0 Å². The van der Waals surface area contributed by atoms with E-state index in [1.807, 2.05) is 22.9 Å². The topological polar surface area (TPSA) is 236 Å². The molecule has 29 heteroatoms. The largest absolute Gasteiger partial charge is 0.870 e. The zero-order chi connectivity index (χ0) is 58.2. The molecule has 2 fully saturated rings. The smallest absolute Gasteiger partial charge is 0.407 e. The van der Waals surface area contributed by atoms with Crippen LogP contribution in [0.15, 0.2) is 67.0 Å². The van der Waals surface area contributed by atoms with E-state index in [2.05, 4.69) is 41.6 Å². The Labute approximate surface area is 452 Å². The number of hydrazine groups is 1. The molecule has 2 aromatic carbocycles. The van der Waals surface area contributed by atoms with Crippen LogP contribution in [-0.4, -0.2) is 157 Å². The molecule has 4 heterocycles. The van der Waals surface area contributed by atoms with Crippen molar-refractivity contribution >= 4 is 29.8 Å². The third kappa shape index (κ3) is 15.6. The molecule has 0 aliphatic carbocycles. The fraction of sp³-hybridized carbons (Fsp3) is 0.490. The number of carbonyl (C=O) groups is 4. The Morgan fingerprint density at radius 3 is 1.82 bits per heavy atom. The molecular weight excluding hydrogens is 1090 g/mol. The van der Waals surface area contributed by atoms with Crippen molar-refractivity contribution in [3.63, 3.8) is 0 Å². The molecule has 19 nitrogen and oxygen atoms in total. The van der Waals surface area contributed by atoms with E-state index < -0.39 is 115 Å². The fourth-order valence-electron chi connectivity index (χ4n) is 8.47. The van der Waals surface area contributed by atoms with Gasteiger partial charge in [0.2, 0.25) is 5.91 Å². The Morgan fingerprint density at radius 1 is 0.812 bits per heavy atom. The highest BCUT2D eigenvalue weighted by atomic mass is 19.4. The molecule has 2 saturated heterocycles. The van der Waals surface area contributed by atoms with Crippen molar-refractivity contribution in [1.82, 2.24) is 41.1 Å². The number of alkyl halides is 8. The number of halogens is 10. The second-order valence-corrected chi connectivity index (χ2v) is 19.9. The third-order valence-electron chi connectivity index (χ3n) is 13.8. The molecule has 0 radical (unpaired) electrons. The van der Waals surface area contributed by atoms with Crippen molar-refractivity contribution in [2.24, 2.45) is 10.8 Å². The first kappa shape index (κ1) is 63.6. The lowest BCUT2D eigenvalue weighted by atomic mass is 9.82. The number of piperazine rings is 1. The van der Waals surface area contributed by atoms with Gasteiger partial charge in [0.25, 0.3) is 5.91 Å². The number of nitrogens with zero attached hydrogens (tertiary/aromatic N) is 5. The normalized spacial score (nSPS) is 16.0. The van der Waals surface area contributed by atoms with E-state index >= 15 is 8.78 Å². The number of methoxy groups -OCH3 is 2. The van der Waals surface area contributed by atoms with Crippen LogP contribution in [0.4, 0.5) is 59.3 Å². The Balaban J connectivity index is 0.0000118. The van der Waals surface area contributed by atoms with Crippen LogP contribution >= 0.6 is 0 Å². The minimum atomic E-state index is -5.23. The van der Waals surface area contributed by atoms with Crippen molar-refractivity contribution in [2.45, 2.75) is 89.8 Å². The highest BCUT2D eigenvalue weighted by Gasteiger charge is 2.57. The molecule has 6 rings (SSSR count). The molecule has 4 atom stereocenters. The molecule has 0 spiro atoms. The van der Waals surface area contributed by atoms with Crippen molar-refractivity contribution in [3.05, 3.63) is 101 Å². The van der Waals surface area contributed by atoms with Gasteiger partial charge in [-0.05, 0) is 82.1 Å². The maximum Gasteiger partial charge on any atom is 0.407 e.